The maximum atomic E-state index is 13.5. The van der Waals surface area contributed by atoms with Crippen LogP contribution in [0.4, 0.5) is 9.59 Å². The number of amides is 4. The maximum absolute atomic E-state index is 13.5. The maximum Gasteiger partial charge on any atom is 0.407 e. The molecule has 0 bridgehead atoms. The lowest BCUT2D eigenvalue weighted by molar-refractivity contribution is -0.151. The van der Waals surface area contributed by atoms with Crippen LogP contribution in [0, 0.1) is 22.7 Å². The zero-order valence-corrected chi connectivity index (χ0v) is 58.9. The van der Waals surface area contributed by atoms with Gasteiger partial charge in [-0.1, -0.05) is 202 Å². The number of carbonyl (C=O) groups excluding carboxylic acids is 8. The molecule has 4 N–H and O–H groups in total. The Kier molecular flexibility index (Phi) is 38.7. The van der Waals surface area contributed by atoms with Gasteiger partial charge in [-0.05, 0) is 64.4 Å². The molecule has 0 radical (unpaired) electrons. The first-order valence-corrected chi connectivity index (χ1v) is 34.3. The van der Waals surface area contributed by atoms with Gasteiger partial charge in [0.15, 0.2) is 17.3 Å². The molecule has 91 heavy (non-hydrogen) atoms. The zero-order chi connectivity index (χ0) is 68.1. The molecule has 21 heteroatoms. The van der Waals surface area contributed by atoms with E-state index in [0.29, 0.717) is 80.1 Å². The number of methoxy groups -OCH3 is 1. The second kappa shape index (κ2) is 43.5. The van der Waals surface area contributed by atoms with Crippen molar-refractivity contribution < 1.29 is 62.0 Å². The number of nitrogens with one attached hydrogen (secondary N) is 4. The first-order valence-electron chi connectivity index (χ1n) is 31.0. The van der Waals surface area contributed by atoms with E-state index in [1.54, 1.807) is 109 Å². The second-order valence-corrected chi connectivity index (χ2v) is 28.6. The second-order valence-electron chi connectivity index (χ2n) is 24.7. The molecule has 2 heterocycles. The van der Waals surface area contributed by atoms with E-state index in [-0.39, 0.29) is 60.2 Å². The van der Waals surface area contributed by atoms with E-state index in [0.717, 1.165) is 22.7 Å². The molecule has 0 saturated heterocycles. The molecule has 0 aromatic heterocycles. The number of Topliss-reactive ketones (excluding diaryl/α,β-unsaturated/α-hetero) is 2. The normalized spacial score (nSPS) is 18.5. The largest absolute Gasteiger partial charge is 0.490 e. The number of ketones is 2. The summed E-state index contributed by atoms with van der Waals surface area (Å²) in [5.41, 5.74) is 1.36. The third-order valence-electron chi connectivity index (χ3n) is 14.1. The van der Waals surface area contributed by atoms with Gasteiger partial charge in [0.2, 0.25) is 11.8 Å². The summed E-state index contributed by atoms with van der Waals surface area (Å²) in [6.07, 6.45) is 32.8. The molecule has 2 aliphatic rings. The van der Waals surface area contributed by atoms with E-state index in [9.17, 15) is 38.4 Å². The summed E-state index contributed by atoms with van der Waals surface area (Å²) in [4.78, 5) is 102. The smallest absolute Gasteiger partial charge is 0.407 e. The van der Waals surface area contributed by atoms with Gasteiger partial charge in [0.1, 0.15) is 24.4 Å². The third kappa shape index (κ3) is 35.9. The number of hydrogen-bond donors (Lipinski definition) is 4. The predicted molar refractivity (Wildman–Crippen MR) is 369 cm³/mol. The van der Waals surface area contributed by atoms with Gasteiger partial charge in [0.25, 0.3) is 0 Å². The number of cyclic esters (lactones) is 2. The molecule has 0 aliphatic carbocycles. The molecule has 8 atom stereocenters. The fraction of sp³-hybridized carbons (Fsp3) is 0.543. The van der Waals surface area contributed by atoms with E-state index in [4.69, 9.17) is 46.9 Å². The van der Waals surface area contributed by atoms with Gasteiger partial charge in [-0.15, -0.1) is 0 Å². The monoisotopic (exact) mass is 1340 g/mol. The number of hydrogen-bond acceptors (Lipinski definition) is 15. The van der Waals surface area contributed by atoms with E-state index in [2.05, 4.69) is 21.3 Å². The van der Waals surface area contributed by atoms with Crippen LogP contribution in [0.2, 0.25) is 0 Å². The van der Waals surface area contributed by atoms with Crippen molar-refractivity contribution in [2.24, 2.45) is 22.7 Å². The van der Waals surface area contributed by atoms with Crippen molar-refractivity contribution in [1.29, 1.82) is 0 Å². The fourth-order valence-corrected chi connectivity index (χ4v) is 11.4. The van der Waals surface area contributed by atoms with Gasteiger partial charge in [0, 0.05) is 116 Å². The summed E-state index contributed by atoms with van der Waals surface area (Å²) in [5.74, 6) is -0.222. The standard InChI is InChI=1S/C70H100Cl2N4O13S2/c1-47(45-50(4)58-38-33-49(3)65(81)88-58)25-15-21-31-61(79)75-63(69(8,9)10)56(77)29-19-17-27-54(36-34-52(6)71)86-67(83)73-41-23-43-90-91-44-24-42-74-68(84)87-55(37-35-53(7)72)28-18-20-30-57(78)64(70(11,12)13)76-62(80)32-22-16-26-48(2)46-51(5)59-39-40-60(85-14)66(82)89-59/h15-22,25-26,31-35,40,45-46,50-51,54-55,58-59,63-64H,23-24,27-30,36-39,41-44H2,1-14H3,(H,73,83)(H,74,84)(H,75,79)(H,76,80)/b19-17-,20-18-,25-15-,26-16-,31-21-,32-22-,47-45+,48-46+,52-34+,53-35+/t50-,51-,54+,55+,58-,59-,63+,64+/m0/s1. The third-order valence-corrected chi connectivity index (χ3v) is 17.0. The summed E-state index contributed by atoms with van der Waals surface area (Å²) >= 11 is 12.2. The van der Waals surface area contributed by atoms with Crippen LogP contribution in [0.3, 0.4) is 0 Å². The number of esters is 2. The Morgan fingerprint density at radius 2 is 1.00 bits per heavy atom. The van der Waals surface area contributed by atoms with Crippen molar-refractivity contribution in [3.8, 4) is 0 Å². The van der Waals surface area contributed by atoms with E-state index < -0.39 is 65.1 Å². The lowest BCUT2D eigenvalue weighted by atomic mass is 9.83. The van der Waals surface area contributed by atoms with E-state index in [1.807, 2.05) is 99.6 Å². The number of carbonyl (C=O) groups is 8. The minimum Gasteiger partial charge on any atom is -0.490 e. The van der Waals surface area contributed by atoms with Crippen molar-refractivity contribution in [2.75, 3.05) is 31.7 Å². The molecule has 0 aromatic rings. The molecule has 0 spiro atoms. The van der Waals surface area contributed by atoms with E-state index >= 15 is 0 Å². The minimum atomic E-state index is -0.767. The van der Waals surface area contributed by atoms with Crippen LogP contribution in [-0.2, 0) is 52.5 Å². The van der Waals surface area contributed by atoms with Crippen LogP contribution in [0.15, 0.2) is 142 Å². The molecule has 0 fully saturated rings. The zero-order valence-electron chi connectivity index (χ0n) is 55.8. The summed E-state index contributed by atoms with van der Waals surface area (Å²) in [7, 11) is 4.75. The van der Waals surface area contributed by atoms with Crippen molar-refractivity contribution in [3.63, 3.8) is 0 Å². The van der Waals surface area contributed by atoms with Crippen LogP contribution in [-0.4, -0.2) is 116 Å². The summed E-state index contributed by atoms with van der Waals surface area (Å²) in [6, 6.07) is -1.52. The summed E-state index contributed by atoms with van der Waals surface area (Å²) in [6.45, 7) is 25.1. The Labute approximate surface area is 559 Å². The van der Waals surface area contributed by atoms with E-state index in [1.165, 1.54) is 19.3 Å². The van der Waals surface area contributed by atoms with Crippen LogP contribution in [0.5, 0.6) is 0 Å². The first kappa shape index (κ1) is 80.8. The van der Waals surface area contributed by atoms with Crippen molar-refractivity contribution >= 4 is 92.3 Å². The van der Waals surface area contributed by atoms with Gasteiger partial charge in [0.05, 0.1) is 19.2 Å². The fourth-order valence-electron chi connectivity index (χ4n) is 9.06. The number of rotatable bonds is 38. The van der Waals surface area contributed by atoms with Crippen LogP contribution in [0.1, 0.15) is 154 Å². The Hall–Kier alpha value is -6.28. The topological polar surface area (TPSA) is 231 Å². The highest BCUT2D eigenvalue weighted by Gasteiger charge is 2.33. The molecule has 4 amide bonds. The number of allylic oxidation sites excluding steroid dienone is 12. The minimum absolute atomic E-state index is 0.00936. The molecule has 0 saturated carbocycles. The van der Waals surface area contributed by atoms with Crippen LogP contribution in [0.25, 0.3) is 0 Å². The molecular weight excluding hydrogens is 1240 g/mol. The number of halogens is 2. The molecular formula is C70H100Cl2N4O13S2. The summed E-state index contributed by atoms with van der Waals surface area (Å²) < 4.78 is 27.5. The average molecular weight is 1340 g/mol. The molecule has 0 unspecified atom stereocenters. The van der Waals surface area contributed by atoms with Crippen LogP contribution < -0.4 is 21.3 Å². The Bertz CT molecular complexity index is 2810. The van der Waals surface area contributed by atoms with Crippen molar-refractivity contribution in [1.82, 2.24) is 21.3 Å². The highest BCUT2D eigenvalue weighted by molar-refractivity contribution is 8.76. The number of alkyl carbamates (subject to hydrolysis) is 2. The lowest BCUT2D eigenvalue weighted by Crippen LogP contribution is -2.48. The highest BCUT2D eigenvalue weighted by Crippen LogP contribution is 2.27. The quantitative estimate of drug-likeness (QED) is 0.00857. The highest BCUT2D eigenvalue weighted by atomic mass is 35.5. The van der Waals surface area contributed by atoms with Gasteiger partial charge >= 0.3 is 24.1 Å². The molecule has 504 valence electrons. The van der Waals surface area contributed by atoms with Crippen molar-refractivity contribution in [3.05, 3.63) is 142 Å². The average Bonchev–Trinajstić information content (AvgIpc) is 1.34. The predicted octanol–water partition coefficient (Wildman–Crippen LogP) is 14.8. The molecule has 2 rings (SSSR count). The molecule has 0 aromatic carbocycles. The van der Waals surface area contributed by atoms with Crippen molar-refractivity contribution in [2.45, 2.75) is 191 Å². The van der Waals surface area contributed by atoms with Gasteiger partial charge in [-0.25, -0.2) is 19.2 Å². The molecule has 17 nitrogen and oxygen atoms in total. The summed E-state index contributed by atoms with van der Waals surface area (Å²) in [5, 5.41) is 12.5. The van der Waals surface area contributed by atoms with Gasteiger partial charge in [-0.3, -0.25) is 19.2 Å². The van der Waals surface area contributed by atoms with Gasteiger partial charge < -0.3 is 45.0 Å². The Balaban J connectivity index is 1.75. The van der Waals surface area contributed by atoms with Crippen LogP contribution >= 0.6 is 44.8 Å². The molecule has 2 aliphatic heterocycles. The first-order chi connectivity index (χ1) is 42.9. The Morgan fingerprint density at radius 3 is 1.37 bits per heavy atom. The SMILES string of the molecule is COC1=CC[C@@H]([C@@H](C)/C=C(C)/C=C\C=C/C(=O)N[C@H](C(=O)C/C=C\C[C@H](C/C=C(\C)Cl)OC(=O)NCCCSSCCCNC(=O)O[C@H](C/C=C\CC(=O)[C@@H](NC(=O)\C=C/C=C\C(C)=C\[C@H](C)[C@@H]2CC=C(C)C(=O)O2)C(C)(C)C)C/C=C(\C)Cl)C(C)(C)C)OC1=O. The van der Waals surface area contributed by atoms with Gasteiger partial charge in [-0.2, -0.15) is 0 Å². The number of ether oxygens (including phenoxy) is 5. The Morgan fingerprint density at radius 1 is 0.604 bits per heavy atom. The lowest BCUT2D eigenvalue weighted by Gasteiger charge is -2.29.